The third-order valence-corrected chi connectivity index (χ3v) is 18.6. The predicted molar refractivity (Wildman–Crippen MR) is 365 cm³/mol. The van der Waals surface area contributed by atoms with E-state index in [2.05, 4.69) is 333 Å². The SMILES string of the molecule is c1ccc(N(c2ccccc2)c2ccc3c(c2)N(c2ccccc2)c2cc4c5c6c2B3c2cccc3c2N6c2c(cc6c(oc7ccccc76)c2B5c2ccc(N(c5ccccc5)c5ccccc5)cc2N4c2ccccc2)N3c2ccccc2)cc1. The van der Waals surface area contributed by atoms with Crippen LogP contribution in [0.25, 0.3) is 21.9 Å². The largest absolute Gasteiger partial charge is 0.457 e. The molecule has 0 atom stereocenters. The maximum Gasteiger partial charge on any atom is 0.257 e. The molecule has 0 aliphatic carbocycles. The van der Waals surface area contributed by atoms with Crippen LogP contribution in [0, 0.1) is 0 Å². The lowest BCUT2D eigenvalue weighted by Crippen LogP contribution is -2.69. The molecule has 0 N–H and O–H groups in total. The first-order valence-electron chi connectivity index (χ1n) is 30.0. The quantitative estimate of drug-likeness (QED) is 0.133. The molecule has 0 saturated carbocycles. The summed E-state index contributed by atoms with van der Waals surface area (Å²) in [7, 11) is 0. The molecule has 13 aromatic carbocycles. The van der Waals surface area contributed by atoms with E-state index >= 15 is 0 Å². The highest BCUT2D eigenvalue weighted by molar-refractivity contribution is 7.05. The lowest BCUT2D eigenvalue weighted by Gasteiger charge is -2.54. The Morgan fingerprint density at radius 2 is 0.690 bits per heavy atom. The molecule has 14 aromatic rings. The van der Waals surface area contributed by atoms with E-state index in [0.29, 0.717) is 0 Å². The molecule has 7 nitrogen and oxygen atoms in total. The van der Waals surface area contributed by atoms with Gasteiger partial charge >= 0.3 is 0 Å². The van der Waals surface area contributed by atoms with Crippen LogP contribution in [0.5, 0.6) is 0 Å². The van der Waals surface area contributed by atoms with Crippen molar-refractivity contribution >= 4 is 171 Å². The number of rotatable bonds is 9. The second-order valence-electron chi connectivity index (χ2n) is 23.2. The van der Waals surface area contributed by atoms with Gasteiger partial charge in [-0.25, -0.2) is 0 Å². The van der Waals surface area contributed by atoms with Gasteiger partial charge in [-0.05, 0) is 166 Å². The summed E-state index contributed by atoms with van der Waals surface area (Å²) in [4.78, 5) is 15.1. The van der Waals surface area contributed by atoms with Gasteiger partial charge in [0.15, 0.2) is 0 Å². The Balaban J connectivity index is 0.975. The molecule has 5 aliphatic heterocycles. The van der Waals surface area contributed by atoms with Crippen LogP contribution in [0.4, 0.5) is 102 Å². The summed E-state index contributed by atoms with van der Waals surface area (Å²) in [5.74, 6) is 0. The zero-order chi connectivity index (χ0) is 56.8. The van der Waals surface area contributed by atoms with Crippen LogP contribution in [0.1, 0.15) is 0 Å². The predicted octanol–water partition coefficient (Wildman–Crippen LogP) is 17.0. The third kappa shape index (κ3) is 6.85. The van der Waals surface area contributed by atoms with Gasteiger partial charge in [-0.1, -0.05) is 170 Å². The second-order valence-corrected chi connectivity index (χ2v) is 23.2. The molecule has 0 spiro atoms. The maximum absolute atomic E-state index is 7.43. The first-order valence-corrected chi connectivity index (χ1v) is 30.0. The fourth-order valence-corrected chi connectivity index (χ4v) is 15.2. The van der Waals surface area contributed by atoms with Crippen LogP contribution in [-0.2, 0) is 0 Å². The van der Waals surface area contributed by atoms with Crippen LogP contribution in [-0.4, -0.2) is 13.4 Å². The number of para-hydroxylation sites is 9. The topological polar surface area (TPSA) is 32.6 Å². The Hall–Kier alpha value is -11.4. The Morgan fingerprint density at radius 1 is 0.253 bits per heavy atom. The normalized spacial score (nSPS) is 13.4. The second kappa shape index (κ2) is 18.5. The molecular formula is C78H50B2N6O. The standard InChI is InChI=1S/C78H50B2N6O/c1-8-25-51(26-9-1)81(52-27-10-2-11-28-52)58-43-45-62-66(47-58)84(56-35-18-6-19-36-56)68-50-69-73-77-72(68)79(62)64-40-24-41-65-75(64)86(77)76-70(83(65)55-33-16-5-17-34-55)49-61-60-39-22-23-42-71(60)87-78(61)74(76)80(73)63-46-44-59(48-67(63)85(69)57-37-20-7-21-38-57)82(53-29-12-3-13-30-53)54-31-14-4-15-32-54/h1-50H. The van der Waals surface area contributed by atoms with E-state index in [1.165, 1.54) is 44.2 Å². The van der Waals surface area contributed by atoms with Crippen molar-refractivity contribution in [1.29, 1.82) is 0 Å². The fraction of sp³-hybridized carbons (Fsp3) is 0. The number of nitrogens with zero attached hydrogens (tertiary/aromatic N) is 6. The summed E-state index contributed by atoms with van der Waals surface area (Å²) < 4.78 is 7.43. The lowest BCUT2D eigenvalue weighted by atomic mass is 9.28. The molecule has 1 aromatic heterocycles. The number of fused-ring (bicyclic) bond motifs is 10. The highest BCUT2D eigenvalue weighted by Gasteiger charge is 2.55. The number of furan rings is 1. The molecule has 0 fully saturated rings. The van der Waals surface area contributed by atoms with Gasteiger partial charge < -0.3 is 33.8 Å². The Morgan fingerprint density at radius 3 is 1.20 bits per heavy atom. The van der Waals surface area contributed by atoms with E-state index in [1.807, 2.05) is 0 Å². The number of hydrogen-bond donors (Lipinski definition) is 0. The van der Waals surface area contributed by atoms with E-state index in [0.717, 1.165) is 113 Å². The monoisotopic (exact) mass is 1110 g/mol. The Kier molecular flexibility index (Phi) is 10.2. The van der Waals surface area contributed by atoms with Crippen molar-refractivity contribution in [1.82, 2.24) is 0 Å². The molecule has 0 unspecified atom stereocenters. The summed E-state index contributed by atoms with van der Waals surface area (Å²) in [6.45, 7) is -0.433. The van der Waals surface area contributed by atoms with Crippen LogP contribution in [0.3, 0.4) is 0 Å². The third-order valence-electron chi connectivity index (χ3n) is 18.6. The molecule has 0 amide bonds. The van der Waals surface area contributed by atoms with Gasteiger partial charge in [-0.15, -0.1) is 0 Å². The maximum atomic E-state index is 7.43. The molecule has 0 bridgehead atoms. The number of anilines is 18. The molecule has 87 heavy (non-hydrogen) atoms. The van der Waals surface area contributed by atoms with Gasteiger partial charge in [0.1, 0.15) is 11.2 Å². The highest BCUT2D eigenvalue weighted by atomic mass is 16.3. The van der Waals surface area contributed by atoms with Crippen molar-refractivity contribution in [2.75, 3.05) is 29.4 Å². The minimum absolute atomic E-state index is 0.159. The summed E-state index contributed by atoms with van der Waals surface area (Å²) in [6, 6.07) is 111. The van der Waals surface area contributed by atoms with Crippen LogP contribution < -0.4 is 62.2 Å². The van der Waals surface area contributed by atoms with Crippen molar-refractivity contribution in [3.63, 3.8) is 0 Å². The minimum atomic E-state index is -0.273. The van der Waals surface area contributed by atoms with Gasteiger partial charge in [-0.3, -0.25) is 0 Å². The molecule has 404 valence electrons. The van der Waals surface area contributed by atoms with Crippen molar-refractivity contribution in [2.45, 2.75) is 0 Å². The summed E-state index contributed by atoms with van der Waals surface area (Å²) in [6.07, 6.45) is 0. The van der Waals surface area contributed by atoms with Gasteiger partial charge in [0, 0.05) is 90.4 Å². The molecule has 6 heterocycles. The van der Waals surface area contributed by atoms with Crippen LogP contribution in [0.15, 0.2) is 308 Å². The van der Waals surface area contributed by atoms with E-state index < -0.39 is 0 Å². The number of benzene rings is 13. The molecule has 9 heteroatoms. The molecule has 0 radical (unpaired) electrons. The van der Waals surface area contributed by atoms with Crippen molar-refractivity contribution in [3.8, 4) is 0 Å². The van der Waals surface area contributed by atoms with E-state index in [-0.39, 0.29) is 13.4 Å². The van der Waals surface area contributed by atoms with Gasteiger partial charge in [0.25, 0.3) is 13.4 Å². The lowest BCUT2D eigenvalue weighted by molar-refractivity contribution is 0.671. The van der Waals surface area contributed by atoms with Gasteiger partial charge in [0.2, 0.25) is 0 Å². The summed E-state index contributed by atoms with van der Waals surface area (Å²) in [5, 5.41) is 2.20. The minimum Gasteiger partial charge on any atom is -0.457 e. The van der Waals surface area contributed by atoms with Gasteiger partial charge in [-0.2, -0.15) is 0 Å². The number of hydrogen-bond acceptors (Lipinski definition) is 7. The highest BCUT2D eigenvalue weighted by Crippen LogP contribution is 2.60. The summed E-state index contributed by atoms with van der Waals surface area (Å²) >= 11 is 0. The smallest absolute Gasteiger partial charge is 0.257 e. The molecular weight excluding hydrogens is 1060 g/mol. The zero-order valence-corrected chi connectivity index (χ0v) is 47.1. The zero-order valence-electron chi connectivity index (χ0n) is 47.1. The van der Waals surface area contributed by atoms with Crippen LogP contribution >= 0.6 is 0 Å². The molecule has 0 saturated heterocycles. The van der Waals surface area contributed by atoms with E-state index in [4.69, 9.17) is 4.42 Å². The van der Waals surface area contributed by atoms with E-state index in [1.54, 1.807) is 0 Å². The first-order chi connectivity index (χ1) is 43.2. The molecule has 5 aliphatic rings. The Bertz CT molecular complexity index is 5010. The van der Waals surface area contributed by atoms with E-state index in [9.17, 15) is 0 Å². The fourth-order valence-electron chi connectivity index (χ4n) is 15.2. The van der Waals surface area contributed by atoms with Crippen LogP contribution in [0.2, 0.25) is 0 Å². The first kappa shape index (κ1) is 48.0. The average Bonchev–Trinajstić information content (AvgIpc) is 1.27. The summed E-state index contributed by atoms with van der Waals surface area (Å²) in [5.41, 5.74) is 29.2. The molecule has 19 rings (SSSR count). The average molecular weight is 1110 g/mol. The van der Waals surface area contributed by atoms with Gasteiger partial charge in [0.05, 0.1) is 22.7 Å². The van der Waals surface area contributed by atoms with Crippen molar-refractivity contribution in [3.05, 3.63) is 303 Å². The van der Waals surface area contributed by atoms with Crippen molar-refractivity contribution in [2.24, 2.45) is 0 Å². The Labute approximate surface area is 504 Å². The van der Waals surface area contributed by atoms with Crippen molar-refractivity contribution < 1.29 is 4.42 Å².